The minimum Gasteiger partial charge on any atom is -0.468 e. The molecule has 0 radical (unpaired) electrons. The number of nitrogens with zero attached hydrogens (tertiary/aromatic N) is 3. The van der Waals surface area contributed by atoms with Crippen molar-refractivity contribution in [1.82, 2.24) is 15.2 Å². The highest BCUT2D eigenvalue weighted by Gasteiger charge is 2.28. The molecule has 0 aliphatic carbocycles. The molecule has 0 fully saturated rings. The van der Waals surface area contributed by atoms with Gasteiger partial charge in [0.1, 0.15) is 0 Å². The second kappa shape index (κ2) is 7.66. The molecule has 2 heterocycles. The first-order valence-corrected chi connectivity index (χ1v) is 6.08. The molecule has 0 amide bonds. The molecule has 1 aliphatic rings. The molecule has 1 aliphatic heterocycles. The average Bonchev–Trinajstić information content (AvgIpc) is 2.79. The highest BCUT2D eigenvalue weighted by molar-refractivity contribution is 14.0. The fraction of sp³-hybridized carbons (Fsp3) is 0.500. The van der Waals surface area contributed by atoms with Gasteiger partial charge in [0, 0.05) is 32.4 Å². The van der Waals surface area contributed by atoms with E-state index in [1.807, 2.05) is 11.9 Å². The molecule has 0 aromatic carbocycles. The lowest BCUT2D eigenvalue weighted by atomic mass is 10.2. The third-order valence-electron chi connectivity index (χ3n) is 2.69. The molecular formula is C12H16F3IN4O. The predicted molar refractivity (Wildman–Crippen MR) is 83.0 cm³/mol. The predicted octanol–water partition coefficient (Wildman–Crippen LogP) is 2.03. The molecule has 118 valence electrons. The minimum absolute atomic E-state index is 0. The van der Waals surface area contributed by atoms with Gasteiger partial charge in [-0.15, -0.1) is 24.0 Å². The Morgan fingerprint density at radius 2 is 2.19 bits per heavy atom. The first-order valence-electron chi connectivity index (χ1n) is 6.08. The second-order valence-corrected chi connectivity index (χ2v) is 4.39. The Labute approximate surface area is 137 Å². The number of alkyl halides is 3. The molecule has 1 aromatic heterocycles. The van der Waals surface area contributed by atoms with Gasteiger partial charge in [0.2, 0.25) is 5.88 Å². The summed E-state index contributed by atoms with van der Waals surface area (Å²) in [6.45, 7) is 0.716. The highest BCUT2D eigenvalue weighted by Crippen LogP contribution is 2.17. The lowest BCUT2D eigenvalue weighted by Gasteiger charge is -2.15. The van der Waals surface area contributed by atoms with Crippen LogP contribution >= 0.6 is 24.0 Å². The fourth-order valence-electron chi connectivity index (χ4n) is 1.70. The Kier molecular flexibility index (Phi) is 6.49. The summed E-state index contributed by atoms with van der Waals surface area (Å²) in [5.74, 6) is 0.739. The van der Waals surface area contributed by atoms with Gasteiger partial charge in [0.25, 0.3) is 0 Å². The largest absolute Gasteiger partial charge is 0.468 e. The van der Waals surface area contributed by atoms with Crippen LogP contribution in [-0.4, -0.2) is 48.8 Å². The van der Waals surface area contributed by atoms with E-state index in [2.05, 4.69) is 20.0 Å². The zero-order chi connectivity index (χ0) is 14.6. The smallest absolute Gasteiger partial charge is 0.422 e. The van der Waals surface area contributed by atoms with Crippen molar-refractivity contribution in [3.63, 3.8) is 0 Å². The maximum atomic E-state index is 12.1. The zero-order valence-corrected chi connectivity index (χ0v) is 13.7. The molecule has 1 N–H and O–H groups in total. The summed E-state index contributed by atoms with van der Waals surface area (Å²) >= 11 is 0. The van der Waals surface area contributed by atoms with E-state index in [0.29, 0.717) is 6.54 Å². The van der Waals surface area contributed by atoms with Crippen molar-refractivity contribution in [1.29, 1.82) is 0 Å². The van der Waals surface area contributed by atoms with Crippen LogP contribution in [0.5, 0.6) is 5.88 Å². The number of nitrogens with one attached hydrogen (secondary N) is 1. The number of ether oxygens (including phenoxy) is 1. The lowest BCUT2D eigenvalue weighted by Crippen LogP contribution is -2.35. The molecule has 5 nitrogen and oxygen atoms in total. The van der Waals surface area contributed by atoms with Crippen LogP contribution in [0.3, 0.4) is 0 Å². The summed E-state index contributed by atoms with van der Waals surface area (Å²) < 4.78 is 40.8. The topological polar surface area (TPSA) is 49.8 Å². The van der Waals surface area contributed by atoms with Gasteiger partial charge in [-0.25, -0.2) is 4.98 Å². The van der Waals surface area contributed by atoms with Gasteiger partial charge in [-0.1, -0.05) is 0 Å². The van der Waals surface area contributed by atoms with Crippen molar-refractivity contribution in [3.8, 4) is 5.88 Å². The van der Waals surface area contributed by atoms with Gasteiger partial charge >= 0.3 is 6.18 Å². The van der Waals surface area contributed by atoms with E-state index in [-0.39, 0.29) is 29.9 Å². The van der Waals surface area contributed by atoms with E-state index in [1.54, 1.807) is 6.07 Å². The first kappa shape index (κ1) is 17.8. The van der Waals surface area contributed by atoms with Crippen LogP contribution in [-0.2, 0) is 6.54 Å². The number of halogens is 4. The molecule has 0 saturated heterocycles. The number of hydrogen-bond acceptors (Lipinski definition) is 5. The van der Waals surface area contributed by atoms with Crippen molar-refractivity contribution >= 4 is 29.9 Å². The van der Waals surface area contributed by atoms with E-state index in [4.69, 9.17) is 0 Å². The summed E-state index contributed by atoms with van der Waals surface area (Å²) in [4.78, 5) is 9.98. The minimum atomic E-state index is -4.36. The third-order valence-corrected chi connectivity index (χ3v) is 2.69. The van der Waals surface area contributed by atoms with Crippen LogP contribution in [0.1, 0.15) is 5.56 Å². The van der Waals surface area contributed by atoms with E-state index in [9.17, 15) is 13.2 Å². The Morgan fingerprint density at radius 3 is 2.81 bits per heavy atom. The Balaban J connectivity index is 0.00000220. The number of pyridine rings is 1. The van der Waals surface area contributed by atoms with Crippen molar-refractivity contribution in [2.45, 2.75) is 12.7 Å². The van der Waals surface area contributed by atoms with Crippen molar-refractivity contribution < 1.29 is 17.9 Å². The number of likely N-dealkylation sites (N-methyl/N-ethyl adjacent to an activating group) is 1. The summed E-state index contributed by atoms with van der Waals surface area (Å²) in [5, 5.41) is 3.12. The summed E-state index contributed by atoms with van der Waals surface area (Å²) in [7, 11) is 1.92. The van der Waals surface area contributed by atoms with Gasteiger partial charge in [0.15, 0.2) is 12.6 Å². The molecule has 0 atom stereocenters. The third kappa shape index (κ3) is 5.94. The molecular weight excluding hydrogens is 400 g/mol. The van der Waals surface area contributed by atoms with E-state index in [1.165, 1.54) is 12.3 Å². The van der Waals surface area contributed by atoms with Crippen molar-refractivity contribution in [3.05, 3.63) is 23.9 Å². The number of guanidine groups is 1. The fourth-order valence-corrected chi connectivity index (χ4v) is 1.70. The van der Waals surface area contributed by atoms with Gasteiger partial charge in [-0.2, -0.15) is 13.2 Å². The first-order chi connectivity index (χ1) is 9.44. The van der Waals surface area contributed by atoms with Crippen LogP contribution in [0.25, 0.3) is 0 Å². The van der Waals surface area contributed by atoms with Crippen LogP contribution < -0.4 is 10.1 Å². The number of hydrogen-bond donors (Lipinski definition) is 1. The molecule has 0 spiro atoms. The molecule has 9 heteroatoms. The number of aliphatic imine (C=N–C) groups is 1. The molecule has 2 rings (SSSR count). The van der Waals surface area contributed by atoms with Gasteiger partial charge in [-0.05, 0) is 11.6 Å². The maximum Gasteiger partial charge on any atom is 0.422 e. The highest BCUT2D eigenvalue weighted by atomic mass is 127. The van der Waals surface area contributed by atoms with Crippen LogP contribution in [0.2, 0.25) is 0 Å². The van der Waals surface area contributed by atoms with Gasteiger partial charge in [-0.3, -0.25) is 4.99 Å². The molecule has 1 aromatic rings. The monoisotopic (exact) mass is 416 g/mol. The molecule has 0 unspecified atom stereocenters. The van der Waals surface area contributed by atoms with E-state index < -0.39 is 12.8 Å². The Bertz CT molecular complexity index is 496. The average molecular weight is 416 g/mol. The summed E-state index contributed by atoms with van der Waals surface area (Å²) in [5.41, 5.74) is 0.778. The number of aromatic nitrogens is 1. The van der Waals surface area contributed by atoms with Gasteiger partial charge in [0.05, 0.1) is 6.54 Å². The SMILES string of the molecule is CN1CCN=C1NCc1ccnc(OCC(F)(F)F)c1.I. The van der Waals surface area contributed by atoms with Gasteiger partial charge < -0.3 is 15.0 Å². The second-order valence-electron chi connectivity index (χ2n) is 4.39. The lowest BCUT2D eigenvalue weighted by molar-refractivity contribution is -0.154. The zero-order valence-electron chi connectivity index (χ0n) is 11.4. The van der Waals surface area contributed by atoms with Crippen molar-refractivity contribution in [2.24, 2.45) is 4.99 Å². The summed E-state index contributed by atoms with van der Waals surface area (Å²) in [6, 6.07) is 3.19. The van der Waals surface area contributed by atoms with Crippen LogP contribution in [0.4, 0.5) is 13.2 Å². The molecule has 21 heavy (non-hydrogen) atoms. The van der Waals surface area contributed by atoms with Crippen LogP contribution in [0.15, 0.2) is 23.3 Å². The van der Waals surface area contributed by atoms with E-state index in [0.717, 1.165) is 24.6 Å². The summed E-state index contributed by atoms with van der Waals surface area (Å²) in [6.07, 6.45) is -2.94. The molecule has 0 saturated carbocycles. The van der Waals surface area contributed by atoms with E-state index >= 15 is 0 Å². The van der Waals surface area contributed by atoms with Crippen LogP contribution in [0, 0.1) is 0 Å². The maximum absolute atomic E-state index is 12.1. The van der Waals surface area contributed by atoms with Crippen molar-refractivity contribution in [2.75, 3.05) is 26.7 Å². The number of rotatable bonds is 4. The Morgan fingerprint density at radius 1 is 1.43 bits per heavy atom. The standard InChI is InChI=1S/C12H15F3N4O.HI/c1-19-5-4-17-11(19)18-7-9-2-3-16-10(6-9)20-8-12(13,14)15;/h2-3,6H,4-5,7-8H2,1H3,(H,17,18);1H. The molecule has 0 bridgehead atoms. The normalized spacial score (nSPS) is 14.5. The Hall–Kier alpha value is -1.26. The quantitative estimate of drug-likeness (QED) is 0.764.